The van der Waals surface area contributed by atoms with Crippen LogP contribution in [0.4, 0.5) is 0 Å². The van der Waals surface area contributed by atoms with Gasteiger partial charge in [0.1, 0.15) is 6.10 Å². The zero-order valence-corrected chi connectivity index (χ0v) is 12.1. The number of unbranched alkanes of at least 4 members (excludes halogenated alkanes) is 2. The van der Waals surface area contributed by atoms with Gasteiger partial charge in [0.05, 0.1) is 18.6 Å². The standard InChI is InChI=1S/C16H22O4/c1-3-4-8-11-19-15(17)12-13(2)20-16(18)14-9-6-5-7-10-14/h5-7,9-10,13H,3-4,8,11-12H2,1-2H3. The van der Waals surface area contributed by atoms with Crippen LogP contribution in [0.1, 0.15) is 49.9 Å². The monoisotopic (exact) mass is 278 g/mol. The number of carbonyl (C=O) groups is 2. The first-order valence-corrected chi connectivity index (χ1v) is 7.05. The van der Waals surface area contributed by atoms with Gasteiger partial charge >= 0.3 is 11.9 Å². The molecule has 4 heteroatoms. The molecule has 110 valence electrons. The third-order valence-electron chi connectivity index (χ3n) is 2.78. The number of hydrogen-bond acceptors (Lipinski definition) is 4. The van der Waals surface area contributed by atoms with E-state index in [1.165, 1.54) is 0 Å². The van der Waals surface area contributed by atoms with E-state index in [4.69, 9.17) is 9.47 Å². The lowest BCUT2D eigenvalue weighted by Gasteiger charge is -2.12. The minimum absolute atomic E-state index is 0.0880. The van der Waals surface area contributed by atoms with Crippen LogP contribution >= 0.6 is 0 Å². The fourth-order valence-corrected chi connectivity index (χ4v) is 1.70. The van der Waals surface area contributed by atoms with Gasteiger partial charge in [-0.15, -0.1) is 0 Å². The van der Waals surface area contributed by atoms with Crippen molar-refractivity contribution in [3.63, 3.8) is 0 Å². The first-order valence-electron chi connectivity index (χ1n) is 7.05. The maximum absolute atomic E-state index is 11.8. The molecule has 1 aromatic carbocycles. The van der Waals surface area contributed by atoms with E-state index in [1.54, 1.807) is 31.2 Å². The Morgan fingerprint density at radius 2 is 1.85 bits per heavy atom. The van der Waals surface area contributed by atoms with Crippen molar-refractivity contribution >= 4 is 11.9 Å². The Labute approximate surface area is 120 Å². The summed E-state index contributed by atoms with van der Waals surface area (Å²) in [5.41, 5.74) is 0.482. The van der Waals surface area contributed by atoms with Crippen molar-refractivity contribution < 1.29 is 19.1 Å². The molecule has 1 rings (SSSR count). The van der Waals surface area contributed by atoms with E-state index in [9.17, 15) is 9.59 Å². The molecule has 0 saturated heterocycles. The molecule has 1 atom stereocenters. The lowest BCUT2D eigenvalue weighted by Crippen LogP contribution is -2.20. The summed E-state index contributed by atoms with van der Waals surface area (Å²) < 4.78 is 10.3. The van der Waals surface area contributed by atoms with E-state index in [0.29, 0.717) is 12.2 Å². The van der Waals surface area contributed by atoms with Gasteiger partial charge in [-0.05, 0) is 25.5 Å². The summed E-state index contributed by atoms with van der Waals surface area (Å²) in [6.45, 7) is 4.22. The van der Waals surface area contributed by atoms with Crippen molar-refractivity contribution in [2.24, 2.45) is 0 Å². The molecule has 1 aromatic rings. The highest BCUT2D eigenvalue weighted by Crippen LogP contribution is 2.07. The molecule has 4 nitrogen and oxygen atoms in total. The van der Waals surface area contributed by atoms with Crippen LogP contribution in [0.25, 0.3) is 0 Å². The number of carbonyl (C=O) groups excluding carboxylic acids is 2. The molecule has 0 amide bonds. The van der Waals surface area contributed by atoms with E-state index < -0.39 is 12.1 Å². The van der Waals surface area contributed by atoms with Crippen molar-refractivity contribution in [3.05, 3.63) is 35.9 Å². The van der Waals surface area contributed by atoms with Gasteiger partial charge < -0.3 is 9.47 Å². The average molecular weight is 278 g/mol. The van der Waals surface area contributed by atoms with E-state index in [1.807, 2.05) is 6.07 Å². The Kier molecular flexibility index (Phi) is 7.40. The van der Waals surface area contributed by atoms with Crippen LogP contribution in [-0.2, 0) is 14.3 Å². The van der Waals surface area contributed by atoms with Crippen LogP contribution < -0.4 is 0 Å². The predicted octanol–water partition coefficient (Wildman–Crippen LogP) is 3.36. The topological polar surface area (TPSA) is 52.6 Å². The molecule has 0 radical (unpaired) electrons. The van der Waals surface area contributed by atoms with Gasteiger partial charge in [0.25, 0.3) is 0 Å². The summed E-state index contributed by atoms with van der Waals surface area (Å²) in [7, 11) is 0. The summed E-state index contributed by atoms with van der Waals surface area (Å²) >= 11 is 0. The zero-order valence-electron chi connectivity index (χ0n) is 12.1. The molecule has 0 spiro atoms. The average Bonchev–Trinajstić information content (AvgIpc) is 2.44. The lowest BCUT2D eigenvalue weighted by atomic mass is 10.2. The first-order chi connectivity index (χ1) is 9.63. The van der Waals surface area contributed by atoms with Crippen LogP contribution in [-0.4, -0.2) is 24.6 Å². The second kappa shape index (κ2) is 9.13. The molecule has 0 aliphatic carbocycles. The van der Waals surface area contributed by atoms with Crippen molar-refractivity contribution in [3.8, 4) is 0 Å². The molecule has 0 aromatic heterocycles. The second-order valence-corrected chi connectivity index (χ2v) is 4.71. The smallest absolute Gasteiger partial charge is 0.338 e. The van der Waals surface area contributed by atoms with Crippen molar-refractivity contribution in [2.45, 2.75) is 45.6 Å². The molecule has 0 aliphatic heterocycles. The second-order valence-electron chi connectivity index (χ2n) is 4.71. The minimum atomic E-state index is -0.485. The highest BCUT2D eigenvalue weighted by atomic mass is 16.6. The molecular formula is C16H22O4. The highest BCUT2D eigenvalue weighted by Gasteiger charge is 2.15. The number of ether oxygens (including phenoxy) is 2. The van der Waals surface area contributed by atoms with Crippen LogP contribution in [0.2, 0.25) is 0 Å². The zero-order chi connectivity index (χ0) is 14.8. The van der Waals surface area contributed by atoms with Gasteiger partial charge in [-0.1, -0.05) is 38.0 Å². The molecule has 0 N–H and O–H groups in total. The van der Waals surface area contributed by atoms with E-state index in [0.717, 1.165) is 19.3 Å². The summed E-state index contributed by atoms with van der Waals surface area (Å²) in [5, 5.41) is 0. The Hall–Kier alpha value is -1.84. The maximum Gasteiger partial charge on any atom is 0.338 e. The summed E-state index contributed by atoms with van der Waals surface area (Å²) in [6, 6.07) is 8.72. The van der Waals surface area contributed by atoms with Crippen LogP contribution in [0.15, 0.2) is 30.3 Å². The van der Waals surface area contributed by atoms with Gasteiger partial charge in [0, 0.05) is 0 Å². The number of rotatable bonds is 8. The van der Waals surface area contributed by atoms with Crippen molar-refractivity contribution in [1.29, 1.82) is 0 Å². The molecule has 0 saturated carbocycles. The van der Waals surface area contributed by atoms with Gasteiger partial charge in [-0.3, -0.25) is 4.79 Å². The molecule has 0 bridgehead atoms. The van der Waals surface area contributed by atoms with E-state index in [-0.39, 0.29) is 12.4 Å². The van der Waals surface area contributed by atoms with Crippen molar-refractivity contribution in [2.75, 3.05) is 6.61 Å². The van der Waals surface area contributed by atoms with E-state index in [2.05, 4.69) is 6.92 Å². The maximum atomic E-state index is 11.8. The third-order valence-corrected chi connectivity index (χ3v) is 2.78. The van der Waals surface area contributed by atoms with Gasteiger partial charge in [-0.2, -0.15) is 0 Å². The summed E-state index contributed by atoms with van der Waals surface area (Å²) in [6.07, 6.45) is 2.61. The van der Waals surface area contributed by atoms with Gasteiger partial charge in [0.2, 0.25) is 0 Å². The largest absolute Gasteiger partial charge is 0.466 e. The SMILES string of the molecule is CCCCCOC(=O)CC(C)OC(=O)c1ccccc1. The third kappa shape index (κ3) is 6.36. The van der Waals surface area contributed by atoms with Crippen LogP contribution in [0.5, 0.6) is 0 Å². The quantitative estimate of drug-likeness (QED) is 0.540. The Balaban J connectivity index is 2.27. The van der Waals surface area contributed by atoms with E-state index >= 15 is 0 Å². The Morgan fingerprint density at radius 3 is 2.50 bits per heavy atom. The van der Waals surface area contributed by atoms with Crippen LogP contribution in [0, 0.1) is 0 Å². The van der Waals surface area contributed by atoms with Crippen LogP contribution in [0.3, 0.4) is 0 Å². The normalized spacial score (nSPS) is 11.7. The summed E-state index contributed by atoms with van der Waals surface area (Å²) in [5.74, 6) is -0.744. The number of esters is 2. The summed E-state index contributed by atoms with van der Waals surface area (Å²) in [4.78, 5) is 23.3. The number of benzene rings is 1. The fourth-order valence-electron chi connectivity index (χ4n) is 1.70. The lowest BCUT2D eigenvalue weighted by molar-refractivity contribution is -0.145. The van der Waals surface area contributed by atoms with Gasteiger partial charge in [0.15, 0.2) is 0 Å². The molecule has 0 aliphatic rings. The molecule has 0 heterocycles. The Bertz CT molecular complexity index is 414. The highest BCUT2D eigenvalue weighted by molar-refractivity contribution is 5.89. The predicted molar refractivity (Wildman–Crippen MR) is 76.4 cm³/mol. The fraction of sp³-hybridized carbons (Fsp3) is 0.500. The minimum Gasteiger partial charge on any atom is -0.466 e. The molecular weight excluding hydrogens is 256 g/mol. The Morgan fingerprint density at radius 1 is 1.15 bits per heavy atom. The first kappa shape index (κ1) is 16.2. The number of hydrogen-bond donors (Lipinski definition) is 0. The van der Waals surface area contributed by atoms with Gasteiger partial charge in [-0.25, -0.2) is 4.79 Å². The molecule has 20 heavy (non-hydrogen) atoms. The van der Waals surface area contributed by atoms with Crippen molar-refractivity contribution in [1.82, 2.24) is 0 Å². The molecule has 1 unspecified atom stereocenters. The molecule has 0 fully saturated rings.